The van der Waals surface area contributed by atoms with E-state index < -0.39 is 0 Å². The molecule has 3 N–H and O–H groups in total. The molecule has 0 bridgehead atoms. The largest absolute Gasteiger partial charge is 0.355 e. The molecule has 6 aromatic rings. The third-order valence-electron chi connectivity index (χ3n) is 5.49. The molecule has 0 amide bonds. The highest BCUT2D eigenvalue weighted by Gasteiger charge is 2.12. The first-order valence-corrected chi connectivity index (χ1v) is 9.79. The Morgan fingerprint density at radius 1 is 0.517 bits per heavy atom. The second-order valence-corrected chi connectivity index (χ2v) is 7.41. The normalized spacial score (nSPS) is 11.4. The van der Waals surface area contributed by atoms with Gasteiger partial charge in [-0.1, -0.05) is 54.6 Å². The number of hydrogen-bond acceptors (Lipinski definition) is 0. The standard InChI is InChI=1S/C26H19N3/c1-4-10-22-17(7-1)13-20(27-22)16-21(25-14-18-8-2-5-11-23(18)28-25)26-15-19-9-3-6-12-24(19)29-26/h1-16,27-29H. The van der Waals surface area contributed by atoms with Gasteiger partial charge in [0.15, 0.2) is 0 Å². The van der Waals surface area contributed by atoms with Crippen LogP contribution in [0.15, 0.2) is 91.0 Å². The molecule has 0 spiro atoms. The van der Waals surface area contributed by atoms with Crippen LogP contribution in [0.25, 0.3) is 44.4 Å². The first kappa shape index (κ1) is 16.0. The predicted octanol–water partition coefficient (Wildman–Crippen LogP) is 6.72. The van der Waals surface area contributed by atoms with Crippen molar-refractivity contribution in [3.05, 3.63) is 108 Å². The zero-order valence-electron chi connectivity index (χ0n) is 15.7. The zero-order valence-corrected chi connectivity index (χ0v) is 15.7. The van der Waals surface area contributed by atoms with E-state index in [2.05, 4.69) is 112 Å². The summed E-state index contributed by atoms with van der Waals surface area (Å²) in [7, 11) is 0. The number of nitrogens with one attached hydrogen (secondary N) is 3. The molecular weight excluding hydrogens is 354 g/mol. The molecular formula is C26H19N3. The van der Waals surface area contributed by atoms with E-state index in [1.165, 1.54) is 16.2 Å². The first-order valence-electron chi connectivity index (χ1n) is 9.79. The van der Waals surface area contributed by atoms with E-state index >= 15 is 0 Å². The number of H-pyrrole nitrogens is 3. The fourth-order valence-corrected chi connectivity index (χ4v) is 4.07. The maximum absolute atomic E-state index is 3.59. The number of aromatic nitrogens is 3. The van der Waals surface area contributed by atoms with Crippen molar-refractivity contribution in [2.24, 2.45) is 0 Å². The van der Waals surface area contributed by atoms with Crippen molar-refractivity contribution in [3.63, 3.8) is 0 Å². The van der Waals surface area contributed by atoms with Crippen LogP contribution in [-0.2, 0) is 0 Å². The average Bonchev–Trinajstić information content (AvgIpc) is 3.46. The van der Waals surface area contributed by atoms with Gasteiger partial charge < -0.3 is 15.0 Å². The van der Waals surface area contributed by atoms with Crippen molar-refractivity contribution < 1.29 is 0 Å². The van der Waals surface area contributed by atoms with Crippen LogP contribution in [-0.4, -0.2) is 15.0 Å². The van der Waals surface area contributed by atoms with Crippen molar-refractivity contribution in [1.82, 2.24) is 15.0 Å². The molecule has 3 aromatic carbocycles. The van der Waals surface area contributed by atoms with Gasteiger partial charge >= 0.3 is 0 Å². The summed E-state index contributed by atoms with van der Waals surface area (Å²) in [4.78, 5) is 10.7. The molecule has 3 aromatic heterocycles. The lowest BCUT2D eigenvalue weighted by molar-refractivity contribution is 1.34. The molecule has 0 saturated heterocycles. The molecule has 0 fully saturated rings. The molecule has 0 aliphatic rings. The highest BCUT2D eigenvalue weighted by Crippen LogP contribution is 2.30. The lowest BCUT2D eigenvalue weighted by Gasteiger charge is -2.03. The number of fused-ring (bicyclic) bond motifs is 3. The van der Waals surface area contributed by atoms with Crippen LogP contribution in [0.2, 0.25) is 0 Å². The minimum atomic E-state index is 1.08. The quantitative estimate of drug-likeness (QED) is 0.308. The summed E-state index contributed by atoms with van der Waals surface area (Å²) >= 11 is 0. The second-order valence-electron chi connectivity index (χ2n) is 7.41. The number of hydrogen-bond donors (Lipinski definition) is 3. The summed E-state index contributed by atoms with van der Waals surface area (Å²) in [6.07, 6.45) is 2.22. The van der Waals surface area contributed by atoms with Gasteiger partial charge in [-0.3, -0.25) is 0 Å². The molecule has 0 aliphatic heterocycles. The molecule has 6 rings (SSSR count). The number of rotatable bonds is 3. The van der Waals surface area contributed by atoms with E-state index in [9.17, 15) is 0 Å². The van der Waals surface area contributed by atoms with Crippen molar-refractivity contribution in [2.75, 3.05) is 0 Å². The summed E-state index contributed by atoms with van der Waals surface area (Å²) in [5, 5.41) is 3.63. The lowest BCUT2D eigenvalue weighted by atomic mass is 10.1. The Kier molecular flexibility index (Phi) is 3.47. The zero-order chi connectivity index (χ0) is 19.2. The van der Waals surface area contributed by atoms with Crippen LogP contribution < -0.4 is 0 Å². The van der Waals surface area contributed by atoms with Gasteiger partial charge in [-0.15, -0.1) is 0 Å². The van der Waals surface area contributed by atoms with E-state index in [-0.39, 0.29) is 0 Å². The highest BCUT2D eigenvalue weighted by atomic mass is 14.8. The number of aromatic amines is 3. The summed E-state index contributed by atoms with van der Waals surface area (Å²) < 4.78 is 0. The summed E-state index contributed by atoms with van der Waals surface area (Å²) in [5.41, 5.74) is 7.82. The molecule has 0 radical (unpaired) electrons. The molecule has 0 unspecified atom stereocenters. The third kappa shape index (κ3) is 2.75. The van der Waals surface area contributed by atoms with Crippen LogP contribution in [0.4, 0.5) is 0 Å². The lowest BCUT2D eigenvalue weighted by Crippen LogP contribution is -1.89. The van der Waals surface area contributed by atoms with E-state index in [0.717, 1.165) is 39.2 Å². The van der Waals surface area contributed by atoms with Crippen molar-refractivity contribution in [2.45, 2.75) is 0 Å². The fraction of sp³-hybridized carbons (Fsp3) is 0. The third-order valence-corrected chi connectivity index (χ3v) is 5.49. The van der Waals surface area contributed by atoms with Gasteiger partial charge in [-0.25, -0.2) is 0 Å². The topological polar surface area (TPSA) is 47.4 Å². The minimum Gasteiger partial charge on any atom is -0.355 e. The second kappa shape index (κ2) is 6.28. The average molecular weight is 373 g/mol. The SMILES string of the molecule is C(=C(c1cc2ccccc2[nH]1)c1cc2ccccc2[nH]1)c1cc2ccccc2[nH]1. The van der Waals surface area contributed by atoms with Gasteiger partial charge in [0.25, 0.3) is 0 Å². The minimum absolute atomic E-state index is 1.08. The van der Waals surface area contributed by atoms with Gasteiger partial charge in [0.2, 0.25) is 0 Å². The molecule has 0 saturated carbocycles. The fourth-order valence-electron chi connectivity index (χ4n) is 4.07. The molecule has 3 nitrogen and oxygen atoms in total. The Balaban J connectivity index is 1.58. The van der Waals surface area contributed by atoms with E-state index in [0.29, 0.717) is 0 Å². The van der Waals surface area contributed by atoms with Crippen molar-refractivity contribution in [3.8, 4) is 0 Å². The van der Waals surface area contributed by atoms with Crippen molar-refractivity contribution in [1.29, 1.82) is 0 Å². The summed E-state index contributed by atoms with van der Waals surface area (Å²) in [5.74, 6) is 0. The van der Waals surface area contributed by atoms with E-state index in [1.54, 1.807) is 0 Å². The number of benzene rings is 3. The Morgan fingerprint density at radius 2 is 0.966 bits per heavy atom. The molecule has 29 heavy (non-hydrogen) atoms. The van der Waals surface area contributed by atoms with Crippen LogP contribution in [0, 0.1) is 0 Å². The first-order chi connectivity index (χ1) is 14.3. The van der Waals surface area contributed by atoms with Gasteiger partial charge in [0.05, 0.1) is 0 Å². The predicted molar refractivity (Wildman–Crippen MR) is 122 cm³/mol. The van der Waals surface area contributed by atoms with Gasteiger partial charge in [-0.05, 0) is 47.9 Å². The number of para-hydroxylation sites is 3. The monoisotopic (exact) mass is 373 g/mol. The van der Waals surface area contributed by atoms with Crippen LogP contribution >= 0.6 is 0 Å². The molecule has 0 aliphatic carbocycles. The van der Waals surface area contributed by atoms with E-state index in [1.807, 2.05) is 0 Å². The summed E-state index contributed by atoms with van der Waals surface area (Å²) in [6.45, 7) is 0. The molecule has 138 valence electrons. The molecule has 3 heteroatoms. The van der Waals surface area contributed by atoms with Crippen molar-refractivity contribution >= 4 is 44.4 Å². The maximum atomic E-state index is 3.59. The van der Waals surface area contributed by atoms with E-state index in [4.69, 9.17) is 0 Å². The van der Waals surface area contributed by atoms with Gasteiger partial charge in [-0.2, -0.15) is 0 Å². The Hall–Kier alpha value is -3.98. The van der Waals surface area contributed by atoms with Crippen LogP contribution in [0.3, 0.4) is 0 Å². The van der Waals surface area contributed by atoms with Gasteiger partial charge in [0.1, 0.15) is 0 Å². The molecule has 0 atom stereocenters. The van der Waals surface area contributed by atoms with Crippen LogP contribution in [0.1, 0.15) is 17.1 Å². The maximum Gasteiger partial charge on any atom is 0.0486 e. The molecule has 3 heterocycles. The highest BCUT2D eigenvalue weighted by molar-refractivity contribution is 5.98. The van der Waals surface area contributed by atoms with Gasteiger partial charge in [0, 0.05) is 50.0 Å². The smallest absolute Gasteiger partial charge is 0.0486 e. The van der Waals surface area contributed by atoms with Crippen LogP contribution in [0.5, 0.6) is 0 Å². The Labute approximate surface area is 167 Å². The Morgan fingerprint density at radius 3 is 1.45 bits per heavy atom. The summed E-state index contributed by atoms with van der Waals surface area (Å²) in [6, 6.07) is 31.8. The Bertz CT molecular complexity index is 1330.